The molecule has 0 radical (unpaired) electrons. The smallest absolute Gasteiger partial charge is 0.257 e. The number of piperidine rings is 1. The third kappa shape index (κ3) is 2.00. The van der Waals surface area contributed by atoms with Crippen LogP contribution in [0.15, 0.2) is 23.3 Å². The van der Waals surface area contributed by atoms with Crippen molar-refractivity contribution in [1.29, 1.82) is 5.53 Å². The van der Waals surface area contributed by atoms with E-state index >= 15 is 0 Å². The van der Waals surface area contributed by atoms with Crippen LogP contribution in [0.5, 0.6) is 0 Å². The van der Waals surface area contributed by atoms with Crippen molar-refractivity contribution in [3.8, 4) is 0 Å². The highest BCUT2D eigenvalue weighted by Gasteiger charge is 2.44. The lowest BCUT2D eigenvalue weighted by molar-refractivity contribution is -0.139. The SMILES string of the molecule is N=Nc1ccc2c(c1)C(=O)N(C1CCC(=O)NC1=O)C2O. The molecule has 8 nitrogen and oxygen atoms in total. The van der Waals surface area contributed by atoms with Crippen LogP contribution in [-0.2, 0) is 9.59 Å². The number of imide groups is 1. The van der Waals surface area contributed by atoms with Gasteiger partial charge in [0.25, 0.3) is 5.91 Å². The van der Waals surface area contributed by atoms with E-state index in [4.69, 9.17) is 5.53 Å². The maximum absolute atomic E-state index is 12.4. The van der Waals surface area contributed by atoms with Crippen LogP contribution in [0.4, 0.5) is 5.69 Å². The van der Waals surface area contributed by atoms with Crippen molar-refractivity contribution in [2.24, 2.45) is 5.11 Å². The van der Waals surface area contributed by atoms with Crippen molar-refractivity contribution in [2.75, 3.05) is 0 Å². The zero-order valence-electron chi connectivity index (χ0n) is 10.9. The first-order valence-electron chi connectivity index (χ1n) is 6.38. The second-order valence-electron chi connectivity index (χ2n) is 4.94. The highest BCUT2D eigenvalue weighted by molar-refractivity contribution is 6.06. The molecule has 3 amide bonds. The van der Waals surface area contributed by atoms with Gasteiger partial charge in [0.15, 0.2) is 6.23 Å². The normalized spacial score (nSPS) is 24.8. The number of nitrogens with one attached hydrogen (secondary N) is 2. The zero-order chi connectivity index (χ0) is 15.1. The molecule has 3 N–H and O–H groups in total. The number of fused-ring (bicyclic) bond motifs is 1. The first-order valence-corrected chi connectivity index (χ1v) is 6.38. The highest BCUT2D eigenvalue weighted by Crippen LogP contribution is 2.36. The van der Waals surface area contributed by atoms with E-state index in [0.717, 1.165) is 4.90 Å². The minimum atomic E-state index is -1.24. The van der Waals surface area contributed by atoms with Crippen LogP contribution in [0.3, 0.4) is 0 Å². The topological polar surface area (TPSA) is 123 Å². The van der Waals surface area contributed by atoms with Gasteiger partial charge in [-0.3, -0.25) is 24.6 Å². The average molecular weight is 288 g/mol. The number of benzene rings is 1. The molecule has 3 rings (SSSR count). The molecule has 2 unspecified atom stereocenters. The number of carbonyl (C=O) groups excluding carboxylic acids is 3. The van der Waals surface area contributed by atoms with Gasteiger partial charge in [0.1, 0.15) is 6.04 Å². The van der Waals surface area contributed by atoms with Gasteiger partial charge in [-0.05, 0) is 18.6 Å². The van der Waals surface area contributed by atoms with E-state index in [-0.39, 0.29) is 24.3 Å². The molecule has 1 fully saturated rings. The Morgan fingerprint density at radius 1 is 1.33 bits per heavy atom. The number of nitrogens with zero attached hydrogens (tertiary/aromatic N) is 2. The molecule has 108 valence electrons. The number of rotatable bonds is 2. The molecule has 0 spiro atoms. The lowest BCUT2D eigenvalue weighted by Gasteiger charge is -2.31. The third-order valence-electron chi connectivity index (χ3n) is 3.72. The largest absolute Gasteiger partial charge is 0.369 e. The zero-order valence-corrected chi connectivity index (χ0v) is 10.9. The van der Waals surface area contributed by atoms with Crippen LogP contribution >= 0.6 is 0 Å². The molecule has 0 aromatic heterocycles. The fraction of sp³-hybridized carbons (Fsp3) is 0.308. The molecule has 0 bridgehead atoms. The molecular formula is C13H12N4O4. The van der Waals surface area contributed by atoms with E-state index < -0.39 is 24.1 Å². The monoisotopic (exact) mass is 288 g/mol. The molecule has 1 saturated heterocycles. The summed E-state index contributed by atoms with van der Waals surface area (Å²) >= 11 is 0. The minimum Gasteiger partial charge on any atom is -0.369 e. The minimum absolute atomic E-state index is 0.122. The number of amides is 3. The predicted octanol–water partition coefficient (Wildman–Crippen LogP) is 0.601. The molecule has 2 aliphatic heterocycles. The van der Waals surface area contributed by atoms with Gasteiger partial charge in [0, 0.05) is 17.5 Å². The summed E-state index contributed by atoms with van der Waals surface area (Å²) in [6, 6.07) is 3.54. The fourth-order valence-electron chi connectivity index (χ4n) is 2.68. The van der Waals surface area contributed by atoms with E-state index in [1.54, 1.807) is 0 Å². The van der Waals surface area contributed by atoms with Crippen molar-refractivity contribution < 1.29 is 19.5 Å². The van der Waals surface area contributed by atoms with Gasteiger partial charge >= 0.3 is 0 Å². The average Bonchev–Trinajstić information content (AvgIpc) is 2.71. The molecule has 0 aliphatic carbocycles. The Hall–Kier alpha value is -2.61. The molecule has 8 heteroatoms. The molecule has 2 atom stereocenters. The number of aliphatic hydroxyl groups is 1. The van der Waals surface area contributed by atoms with Crippen molar-refractivity contribution in [1.82, 2.24) is 10.2 Å². The van der Waals surface area contributed by atoms with Gasteiger partial charge in [-0.1, -0.05) is 6.07 Å². The summed E-state index contributed by atoms with van der Waals surface area (Å²) in [5.74, 6) is -1.47. The van der Waals surface area contributed by atoms with Crippen LogP contribution in [-0.4, -0.2) is 33.8 Å². The summed E-state index contributed by atoms with van der Waals surface area (Å²) in [4.78, 5) is 36.5. The van der Waals surface area contributed by atoms with Crippen LogP contribution in [0.2, 0.25) is 0 Å². The summed E-state index contributed by atoms with van der Waals surface area (Å²) in [7, 11) is 0. The fourth-order valence-corrected chi connectivity index (χ4v) is 2.68. The second kappa shape index (κ2) is 4.74. The first-order chi connectivity index (χ1) is 10.0. The predicted molar refractivity (Wildman–Crippen MR) is 68.6 cm³/mol. The highest BCUT2D eigenvalue weighted by atomic mass is 16.3. The maximum atomic E-state index is 12.4. The Balaban J connectivity index is 1.96. The Kier molecular flexibility index (Phi) is 3.02. The van der Waals surface area contributed by atoms with Crippen LogP contribution < -0.4 is 5.32 Å². The summed E-state index contributed by atoms with van der Waals surface area (Å²) in [5.41, 5.74) is 7.85. The lowest BCUT2D eigenvalue weighted by atomic mass is 10.0. The standard InChI is InChI=1S/C13H12N4O4/c14-16-6-1-2-7-8(5-6)13(21)17(12(7)20)9-3-4-10(18)15-11(9)19/h1-2,5,9,12,14,20H,3-4H2,(H,15,18,19). The lowest BCUT2D eigenvalue weighted by Crippen LogP contribution is -2.53. The number of carbonyl (C=O) groups is 3. The van der Waals surface area contributed by atoms with E-state index in [2.05, 4.69) is 10.4 Å². The maximum Gasteiger partial charge on any atom is 0.257 e. The molecule has 1 aromatic rings. The van der Waals surface area contributed by atoms with E-state index in [0.29, 0.717) is 11.3 Å². The van der Waals surface area contributed by atoms with Crippen LogP contribution in [0.1, 0.15) is 35.0 Å². The van der Waals surface area contributed by atoms with Crippen molar-refractivity contribution in [3.05, 3.63) is 29.3 Å². The van der Waals surface area contributed by atoms with Gasteiger partial charge in [-0.25, -0.2) is 5.53 Å². The molecule has 1 aromatic carbocycles. The van der Waals surface area contributed by atoms with Gasteiger partial charge in [-0.15, -0.1) is 0 Å². The number of hydrogen-bond acceptors (Lipinski definition) is 6. The molecule has 2 aliphatic rings. The Morgan fingerprint density at radius 2 is 2.10 bits per heavy atom. The third-order valence-corrected chi connectivity index (χ3v) is 3.72. The Labute approximate surface area is 119 Å². The second-order valence-corrected chi connectivity index (χ2v) is 4.94. The summed E-state index contributed by atoms with van der Waals surface area (Å²) in [6.07, 6.45) is -0.940. The Morgan fingerprint density at radius 3 is 2.76 bits per heavy atom. The van der Waals surface area contributed by atoms with Gasteiger partial charge in [0.2, 0.25) is 11.8 Å². The van der Waals surface area contributed by atoms with E-state index in [1.165, 1.54) is 18.2 Å². The van der Waals surface area contributed by atoms with Crippen molar-refractivity contribution in [3.63, 3.8) is 0 Å². The Bertz CT molecular complexity index is 672. The number of hydrogen-bond donors (Lipinski definition) is 3. The van der Waals surface area contributed by atoms with Gasteiger partial charge in [-0.2, -0.15) is 5.11 Å². The van der Waals surface area contributed by atoms with Crippen LogP contribution in [0.25, 0.3) is 0 Å². The van der Waals surface area contributed by atoms with Crippen LogP contribution in [0, 0.1) is 5.53 Å². The molecular weight excluding hydrogens is 276 g/mol. The van der Waals surface area contributed by atoms with E-state index in [9.17, 15) is 19.5 Å². The van der Waals surface area contributed by atoms with Crippen molar-refractivity contribution >= 4 is 23.4 Å². The molecule has 0 saturated carbocycles. The quantitative estimate of drug-likeness (QED) is 0.544. The molecule has 2 heterocycles. The van der Waals surface area contributed by atoms with Gasteiger partial charge in [0.05, 0.1) is 5.69 Å². The van der Waals surface area contributed by atoms with Crippen molar-refractivity contribution in [2.45, 2.75) is 25.1 Å². The summed E-state index contributed by atoms with van der Waals surface area (Å²) < 4.78 is 0. The first kappa shape index (κ1) is 13.4. The number of aliphatic hydroxyl groups excluding tert-OH is 1. The summed E-state index contributed by atoms with van der Waals surface area (Å²) in [6.45, 7) is 0. The van der Waals surface area contributed by atoms with Gasteiger partial charge < -0.3 is 5.11 Å². The summed E-state index contributed by atoms with van der Waals surface area (Å²) in [5, 5.41) is 15.7. The van der Waals surface area contributed by atoms with E-state index in [1.807, 2.05) is 0 Å². The molecule has 21 heavy (non-hydrogen) atoms.